The van der Waals surface area contributed by atoms with E-state index in [0.29, 0.717) is 0 Å². The van der Waals surface area contributed by atoms with Crippen LogP contribution in [0.15, 0.2) is 194 Å². The third-order valence-electron chi connectivity index (χ3n) is 11.2. The Kier molecular flexibility index (Phi) is 6.35. The molecule has 0 spiro atoms. The predicted octanol–water partition coefficient (Wildman–Crippen LogP) is 14.8. The minimum Gasteiger partial charge on any atom is -0.0616 e. The highest BCUT2D eigenvalue weighted by atomic mass is 14.2. The molecule has 0 aliphatic heterocycles. The Labute approximate surface area is 301 Å². The Bertz CT molecular complexity index is 3240. The molecule has 0 aliphatic rings. The Hall–Kier alpha value is -6.76. The molecule has 52 heavy (non-hydrogen) atoms. The maximum Gasteiger partial charge on any atom is -0.00259 e. The first kappa shape index (κ1) is 29.0. The SMILES string of the molecule is c1ccc2cc(-c3c4ccccc4c(-c4ccc5ccccc5c4)c4cc(-c5cc6ccc7ccccc7c6c6ccccc56)ccc34)ccc2c1. The molecule has 11 aromatic rings. The zero-order chi connectivity index (χ0) is 34.2. The number of benzene rings is 11. The van der Waals surface area contributed by atoms with Crippen molar-refractivity contribution in [2.45, 2.75) is 0 Å². The van der Waals surface area contributed by atoms with Crippen molar-refractivity contribution in [3.63, 3.8) is 0 Å². The summed E-state index contributed by atoms with van der Waals surface area (Å²) in [7, 11) is 0. The second kappa shape index (κ2) is 11.4. The lowest BCUT2D eigenvalue weighted by Gasteiger charge is -2.20. The lowest BCUT2D eigenvalue weighted by molar-refractivity contribution is 1.67. The van der Waals surface area contributed by atoms with Crippen LogP contribution in [-0.2, 0) is 0 Å². The average molecular weight is 657 g/mol. The molecule has 0 amide bonds. The summed E-state index contributed by atoms with van der Waals surface area (Å²) in [5, 5.41) is 17.8. The van der Waals surface area contributed by atoms with Gasteiger partial charge in [0, 0.05) is 0 Å². The molecule has 0 heterocycles. The molecule has 0 radical (unpaired) electrons. The fourth-order valence-corrected chi connectivity index (χ4v) is 8.77. The standard InChI is InChI=1S/C52H32/c1-3-14-36-29-39(24-21-33(36)11-1)51-45-19-9-10-20-46(45)52(40-25-22-34-12-2-4-15-37(34)30-40)49-31-38(27-28-47(49)51)48-32-41-26-23-35-13-5-6-16-42(35)50(41)44-18-8-7-17-43(44)48/h1-32H. The van der Waals surface area contributed by atoms with Gasteiger partial charge in [-0.05, 0) is 133 Å². The van der Waals surface area contributed by atoms with Crippen LogP contribution in [0.4, 0.5) is 0 Å². The zero-order valence-electron chi connectivity index (χ0n) is 28.5. The van der Waals surface area contributed by atoms with Gasteiger partial charge in [-0.15, -0.1) is 0 Å². The van der Waals surface area contributed by atoms with Crippen LogP contribution in [0, 0.1) is 0 Å². The van der Waals surface area contributed by atoms with E-state index in [9.17, 15) is 0 Å². The van der Waals surface area contributed by atoms with Crippen LogP contribution in [0.1, 0.15) is 0 Å². The first-order valence-corrected chi connectivity index (χ1v) is 18.1. The minimum atomic E-state index is 1.22. The van der Waals surface area contributed by atoms with E-state index in [0.717, 1.165) is 0 Å². The molecule has 0 nitrogen and oxygen atoms in total. The molecular formula is C52H32. The van der Waals surface area contributed by atoms with Crippen LogP contribution in [0.5, 0.6) is 0 Å². The van der Waals surface area contributed by atoms with Gasteiger partial charge >= 0.3 is 0 Å². The van der Waals surface area contributed by atoms with Gasteiger partial charge in [0.15, 0.2) is 0 Å². The highest BCUT2D eigenvalue weighted by Gasteiger charge is 2.19. The maximum atomic E-state index is 2.46. The molecule has 0 aromatic heterocycles. The molecule has 11 aromatic carbocycles. The fourth-order valence-electron chi connectivity index (χ4n) is 8.77. The molecule has 0 unspecified atom stereocenters. The van der Waals surface area contributed by atoms with Crippen molar-refractivity contribution in [2.24, 2.45) is 0 Å². The normalized spacial score (nSPS) is 11.8. The van der Waals surface area contributed by atoms with Crippen molar-refractivity contribution in [1.29, 1.82) is 0 Å². The molecule has 0 saturated carbocycles. The summed E-state index contributed by atoms with van der Waals surface area (Å²) in [6.07, 6.45) is 0. The summed E-state index contributed by atoms with van der Waals surface area (Å²) in [5.41, 5.74) is 7.50. The van der Waals surface area contributed by atoms with Crippen molar-refractivity contribution in [2.75, 3.05) is 0 Å². The van der Waals surface area contributed by atoms with Crippen LogP contribution >= 0.6 is 0 Å². The Balaban J connectivity index is 1.26. The van der Waals surface area contributed by atoms with Gasteiger partial charge < -0.3 is 0 Å². The maximum absolute atomic E-state index is 2.46. The van der Waals surface area contributed by atoms with Gasteiger partial charge in [-0.2, -0.15) is 0 Å². The smallest absolute Gasteiger partial charge is 0.00259 e. The Morgan fingerprint density at radius 2 is 0.654 bits per heavy atom. The van der Waals surface area contributed by atoms with Crippen molar-refractivity contribution < 1.29 is 0 Å². The molecule has 0 N–H and O–H groups in total. The van der Waals surface area contributed by atoms with E-state index in [4.69, 9.17) is 0 Å². The summed E-state index contributed by atoms with van der Waals surface area (Å²) in [6.45, 7) is 0. The van der Waals surface area contributed by atoms with E-state index in [2.05, 4.69) is 194 Å². The second-order valence-corrected chi connectivity index (χ2v) is 14.0. The topological polar surface area (TPSA) is 0 Å². The monoisotopic (exact) mass is 656 g/mol. The van der Waals surface area contributed by atoms with Crippen LogP contribution in [0.2, 0.25) is 0 Å². The van der Waals surface area contributed by atoms with E-state index < -0.39 is 0 Å². The number of fused-ring (bicyclic) bond motifs is 9. The molecule has 0 atom stereocenters. The van der Waals surface area contributed by atoms with Gasteiger partial charge in [0.1, 0.15) is 0 Å². The van der Waals surface area contributed by atoms with Crippen molar-refractivity contribution >= 4 is 75.4 Å². The first-order valence-electron chi connectivity index (χ1n) is 18.1. The third kappa shape index (κ3) is 4.41. The molecule has 11 rings (SSSR count). The van der Waals surface area contributed by atoms with E-state index in [1.54, 1.807) is 0 Å². The molecule has 0 aliphatic carbocycles. The van der Waals surface area contributed by atoms with E-state index in [-0.39, 0.29) is 0 Å². The largest absolute Gasteiger partial charge is 0.0616 e. The lowest BCUT2D eigenvalue weighted by Crippen LogP contribution is -1.92. The van der Waals surface area contributed by atoms with Gasteiger partial charge in [0.05, 0.1) is 0 Å². The van der Waals surface area contributed by atoms with Crippen LogP contribution < -0.4 is 0 Å². The Morgan fingerprint density at radius 3 is 1.31 bits per heavy atom. The highest BCUT2D eigenvalue weighted by Crippen LogP contribution is 2.47. The quantitative estimate of drug-likeness (QED) is 0.131. The van der Waals surface area contributed by atoms with Gasteiger partial charge in [-0.1, -0.05) is 170 Å². The molecule has 0 fully saturated rings. The van der Waals surface area contributed by atoms with Crippen LogP contribution in [0.25, 0.3) is 109 Å². The third-order valence-corrected chi connectivity index (χ3v) is 11.2. The second-order valence-electron chi connectivity index (χ2n) is 14.0. The van der Waals surface area contributed by atoms with Crippen LogP contribution in [-0.4, -0.2) is 0 Å². The van der Waals surface area contributed by atoms with E-state index in [1.165, 1.54) is 109 Å². The number of rotatable bonds is 3. The fraction of sp³-hybridized carbons (Fsp3) is 0. The van der Waals surface area contributed by atoms with E-state index in [1.807, 2.05) is 0 Å². The summed E-state index contributed by atoms with van der Waals surface area (Å²) in [5.74, 6) is 0. The van der Waals surface area contributed by atoms with Gasteiger partial charge in [-0.25, -0.2) is 0 Å². The first-order chi connectivity index (χ1) is 25.8. The van der Waals surface area contributed by atoms with Gasteiger partial charge in [0.25, 0.3) is 0 Å². The Morgan fingerprint density at radius 1 is 0.212 bits per heavy atom. The summed E-state index contributed by atoms with van der Waals surface area (Å²) in [6, 6.07) is 72.1. The highest BCUT2D eigenvalue weighted by molar-refractivity contribution is 6.25. The lowest BCUT2D eigenvalue weighted by atomic mass is 9.83. The molecular weight excluding hydrogens is 625 g/mol. The summed E-state index contributed by atoms with van der Waals surface area (Å²) < 4.78 is 0. The van der Waals surface area contributed by atoms with Crippen molar-refractivity contribution in [3.05, 3.63) is 194 Å². The zero-order valence-corrected chi connectivity index (χ0v) is 28.5. The van der Waals surface area contributed by atoms with Crippen molar-refractivity contribution in [3.8, 4) is 33.4 Å². The average Bonchev–Trinajstić information content (AvgIpc) is 3.21. The predicted molar refractivity (Wildman–Crippen MR) is 225 cm³/mol. The molecule has 0 heteroatoms. The molecule has 0 bridgehead atoms. The van der Waals surface area contributed by atoms with Gasteiger partial charge in [0.2, 0.25) is 0 Å². The summed E-state index contributed by atoms with van der Waals surface area (Å²) in [4.78, 5) is 0. The van der Waals surface area contributed by atoms with Crippen LogP contribution in [0.3, 0.4) is 0 Å². The minimum absolute atomic E-state index is 1.22. The molecule has 240 valence electrons. The van der Waals surface area contributed by atoms with Gasteiger partial charge in [-0.3, -0.25) is 0 Å². The number of hydrogen-bond acceptors (Lipinski definition) is 0. The summed E-state index contributed by atoms with van der Waals surface area (Å²) >= 11 is 0. The van der Waals surface area contributed by atoms with Crippen molar-refractivity contribution in [1.82, 2.24) is 0 Å². The number of hydrogen-bond donors (Lipinski definition) is 0. The molecule has 0 saturated heterocycles. The van der Waals surface area contributed by atoms with E-state index >= 15 is 0 Å².